The zero-order valence-corrected chi connectivity index (χ0v) is 9.41. The first kappa shape index (κ1) is 12.4. The van der Waals surface area contributed by atoms with E-state index in [0.717, 1.165) is 5.56 Å². The molecule has 2 N–H and O–H groups in total. The van der Waals surface area contributed by atoms with Crippen LogP contribution < -0.4 is 0 Å². The van der Waals surface area contributed by atoms with Crippen LogP contribution in [0.2, 0.25) is 5.02 Å². The third-order valence-electron chi connectivity index (χ3n) is 1.87. The maximum atomic E-state index is 10.9. The van der Waals surface area contributed by atoms with E-state index in [0.29, 0.717) is 11.4 Å². The van der Waals surface area contributed by atoms with Crippen LogP contribution in [0.15, 0.2) is 24.3 Å². The molecule has 82 valence electrons. The van der Waals surface area contributed by atoms with Gasteiger partial charge in [-0.3, -0.25) is 9.36 Å². The van der Waals surface area contributed by atoms with E-state index in [2.05, 4.69) is 0 Å². The summed E-state index contributed by atoms with van der Waals surface area (Å²) in [7, 11) is -4.57. The molecule has 0 spiro atoms. The second kappa shape index (κ2) is 4.90. The van der Waals surface area contributed by atoms with Crippen LogP contribution >= 0.6 is 19.2 Å². The minimum absolute atomic E-state index is 0.161. The molecular formula is C9H10ClO4P. The van der Waals surface area contributed by atoms with Crippen molar-refractivity contribution in [1.29, 1.82) is 0 Å². The van der Waals surface area contributed by atoms with Crippen LogP contribution in [0.25, 0.3) is 0 Å². The Hall–Kier alpha value is -0.670. The number of hydrogen-bond acceptors (Lipinski definition) is 2. The lowest BCUT2D eigenvalue weighted by Crippen LogP contribution is -2.00. The van der Waals surface area contributed by atoms with Gasteiger partial charge in [0.25, 0.3) is 0 Å². The van der Waals surface area contributed by atoms with Gasteiger partial charge in [-0.15, -0.1) is 0 Å². The molecule has 15 heavy (non-hydrogen) atoms. The van der Waals surface area contributed by atoms with Gasteiger partial charge >= 0.3 is 7.60 Å². The Bertz CT molecular complexity index is 395. The molecule has 1 aromatic rings. The number of aryl methyl sites for hydroxylation is 1. The molecular weight excluding hydrogens is 239 g/mol. The highest BCUT2D eigenvalue weighted by atomic mass is 35.5. The fourth-order valence-electron chi connectivity index (χ4n) is 1.05. The largest absolute Gasteiger partial charge is 0.391 e. The molecule has 0 amide bonds. The van der Waals surface area contributed by atoms with Crippen molar-refractivity contribution >= 4 is 24.7 Å². The standard InChI is InChI=1S/C9H10ClO4P/c10-8-4-1-7(2-5-8)3-6-9(11)15(12,13)14/h1-2,4-5H,3,6H2,(H2,12,13,14). The van der Waals surface area contributed by atoms with Gasteiger partial charge < -0.3 is 9.79 Å². The van der Waals surface area contributed by atoms with Crippen molar-refractivity contribution in [1.82, 2.24) is 0 Å². The first-order valence-corrected chi connectivity index (χ1v) is 6.22. The lowest BCUT2D eigenvalue weighted by Gasteiger charge is -2.02. The Morgan fingerprint density at radius 1 is 1.27 bits per heavy atom. The van der Waals surface area contributed by atoms with E-state index in [1.54, 1.807) is 24.3 Å². The van der Waals surface area contributed by atoms with Gasteiger partial charge in [0.05, 0.1) is 0 Å². The Morgan fingerprint density at radius 2 is 1.80 bits per heavy atom. The summed E-state index contributed by atoms with van der Waals surface area (Å²) in [5, 5.41) is 0.583. The molecule has 0 saturated carbocycles. The fraction of sp³-hybridized carbons (Fsp3) is 0.222. The maximum Gasteiger partial charge on any atom is 0.391 e. The van der Waals surface area contributed by atoms with Crippen molar-refractivity contribution < 1.29 is 19.1 Å². The first-order chi connectivity index (χ1) is 6.89. The second-order valence-electron chi connectivity index (χ2n) is 3.06. The third-order valence-corrected chi connectivity index (χ3v) is 2.99. The van der Waals surface area contributed by atoms with E-state index in [-0.39, 0.29) is 6.42 Å². The van der Waals surface area contributed by atoms with Gasteiger partial charge in [0.15, 0.2) is 0 Å². The molecule has 0 radical (unpaired) electrons. The topological polar surface area (TPSA) is 74.6 Å². The molecule has 0 fully saturated rings. The molecule has 1 aromatic carbocycles. The number of carbonyl (C=O) groups excluding carboxylic acids is 1. The van der Waals surface area contributed by atoms with Crippen LogP contribution in [0.4, 0.5) is 0 Å². The molecule has 6 heteroatoms. The van der Waals surface area contributed by atoms with Crippen LogP contribution in [-0.2, 0) is 15.8 Å². The summed E-state index contributed by atoms with van der Waals surface area (Å²) < 4.78 is 10.5. The minimum atomic E-state index is -4.57. The summed E-state index contributed by atoms with van der Waals surface area (Å²) in [6, 6.07) is 6.77. The average Bonchev–Trinajstić information content (AvgIpc) is 2.15. The molecule has 0 bridgehead atoms. The number of rotatable bonds is 4. The van der Waals surface area contributed by atoms with Crippen LogP contribution in [-0.4, -0.2) is 15.3 Å². The van der Waals surface area contributed by atoms with Crippen LogP contribution in [0.5, 0.6) is 0 Å². The predicted molar refractivity (Wildman–Crippen MR) is 56.8 cm³/mol. The third kappa shape index (κ3) is 4.14. The number of benzene rings is 1. The van der Waals surface area contributed by atoms with Crippen LogP contribution in [0.1, 0.15) is 12.0 Å². The summed E-state index contributed by atoms with van der Waals surface area (Å²) in [4.78, 5) is 28.0. The average molecular weight is 249 g/mol. The SMILES string of the molecule is O=C(CCc1ccc(Cl)cc1)P(=O)(O)O. The molecule has 0 saturated heterocycles. The normalized spacial score (nSPS) is 11.4. The van der Waals surface area contributed by atoms with Gasteiger partial charge in [0.1, 0.15) is 0 Å². The Balaban J connectivity index is 2.55. The van der Waals surface area contributed by atoms with E-state index < -0.39 is 13.1 Å². The highest BCUT2D eigenvalue weighted by Crippen LogP contribution is 2.37. The highest BCUT2D eigenvalue weighted by Gasteiger charge is 2.24. The number of carbonyl (C=O) groups is 1. The molecule has 1 rings (SSSR count). The van der Waals surface area contributed by atoms with Gasteiger partial charge in [-0.1, -0.05) is 23.7 Å². The van der Waals surface area contributed by atoms with E-state index in [1.807, 2.05) is 0 Å². The van der Waals surface area contributed by atoms with E-state index in [9.17, 15) is 9.36 Å². The van der Waals surface area contributed by atoms with Crippen molar-refractivity contribution in [3.05, 3.63) is 34.9 Å². The molecule has 0 unspecified atom stereocenters. The summed E-state index contributed by atoms with van der Waals surface area (Å²) in [6.45, 7) is 0. The monoisotopic (exact) mass is 248 g/mol. The molecule has 0 heterocycles. The second-order valence-corrected chi connectivity index (χ2v) is 5.09. The van der Waals surface area contributed by atoms with Crippen molar-refractivity contribution in [2.45, 2.75) is 12.8 Å². The maximum absolute atomic E-state index is 10.9. The first-order valence-electron chi connectivity index (χ1n) is 4.23. The molecule has 0 aliphatic heterocycles. The summed E-state index contributed by atoms with van der Waals surface area (Å²) >= 11 is 5.66. The number of hydrogen-bond donors (Lipinski definition) is 2. The molecule has 0 aliphatic carbocycles. The summed E-state index contributed by atoms with van der Waals surface area (Å²) in [6.07, 6.45) is 0.146. The van der Waals surface area contributed by atoms with E-state index in [4.69, 9.17) is 21.4 Å². The lowest BCUT2D eigenvalue weighted by atomic mass is 10.1. The summed E-state index contributed by atoms with van der Waals surface area (Å²) in [5.41, 5.74) is -0.210. The van der Waals surface area contributed by atoms with Gasteiger partial charge in [-0.25, -0.2) is 0 Å². The zero-order chi connectivity index (χ0) is 11.5. The number of halogens is 1. The summed E-state index contributed by atoms with van der Waals surface area (Å²) in [5.74, 6) is 0. The zero-order valence-electron chi connectivity index (χ0n) is 7.76. The van der Waals surface area contributed by atoms with Crippen molar-refractivity contribution in [2.24, 2.45) is 0 Å². The van der Waals surface area contributed by atoms with Gasteiger partial charge in [0, 0.05) is 11.4 Å². The van der Waals surface area contributed by atoms with Crippen molar-refractivity contribution in [2.75, 3.05) is 0 Å². The van der Waals surface area contributed by atoms with E-state index in [1.165, 1.54) is 0 Å². The highest BCUT2D eigenvalue weighted by molar-refractivity contribution is 7.70. The van der Waals surface area contributed by atoms with Gasteiger partial charge in [0.2, 0.25) is 5.52 Å². The Labute approximate surface area is 92.0 Å². The van der Waals surface area contributed by atoms with Crippen molar-refractivity contribution in [3.8, 4) is 0 Å². The fourth-order valence-corrected chi connectivity index (χ4v) is 1.58. The van der Waals surface area contributed by atoms with Crippen LogP contribution in [0, 0.1) is 0 Å². The van der Waals surface area contributed by atoms with Crippen molar-refractivity contribution in [3.63, 3.8) is 0 Å². The lowest BCUT2D eigenvalue weighted by molar-refractivity contribution is -0.113. The molecule has 0 aromatic heterocycles. The smallest absolute Gasteiger partial charge is 0.319 e. The quantitative estimate of drug-likeness (QED) is 0.799. The predicted octanol–water partition coefficient (Wildman–Crippen LogP) is 1.98. The molecule has 0 atom stereocenters. The van der Waals surface area contributed by atoms with Crippen LogP contribution in [0.3, 0.4) is 0 Å². The molecule has 4 nitrogen and oxygen atoms in total. The van der Waals surface area contributed by atoms with Gasteiger partial charge in [-0.05, 0) is 24.1 Å². The van der Waals surface area contributed by atoms with Gasteiger partial charge in [-0.2, -0.15) is 0 Å². The van der Waals surface area contributed by atoms with E-state index >= 15 is 0 Å². The Morgan fingerprint density at radius 3 is 2.27 bits per heavy atom. The minimum Gasteiger partial charge on any atom is -0.319 e. The Kier molecular flexibility index (Phi) is 4.05. The molecule has 0 aliphatic rings.